The minimum Gasteiger partial charge on any atom is -0.493 e. The third kappa shape index (κ3) is 5.04. The van der Waals surface area contributed by atoms with E-state index in [1.165, 1.54) is 23.3 Å². The van der Waals surface area contributed by atoms with Gasteiger partial charge in [0, 0.05) is 19.1 Å². The number of hydrogen-bond acceptors (Lipinski definition) is 4. The molecule has 4 rings (SSSR count). The van der Waals surface area contributed by atoms with Crippen LogP contribution in [-0.2, 0) is 13.0 Å². The van der Waals surface area contributed by atoms with Crippen LogP contribution in [0, 0.1) is 17.2 Å². The van der Waals surface area contributed by atoms with Crippen LogP contribution in [0.15, 0.2) is 36.4 Å². The molecule has 5 heteroatoms. The summed E-state index contributed by atoms with van der Waals surface area (Å²) < 4.78 is 25.1. The topological polar surface area (TPSA) is 41.9 Å². The molecular weight excluding hydrogens is 393 g/mol. The van der Waals surface area contributed by atoms with Gasteiger partial charge >= 0.3 is 0 Å². The van der Waals surface area contributed by atoms with Crippen molar-refractivity contribution in [3.8, 4) is 11.5 Å². The van der Waals surface area contributed by atoms with Crippen LogP contribution in [0.5, 0.6) is 11.5 Å². The molecule has 4 nitrogen and oxygen atoms in total. The maximum Gasteiger partial charge on any atom is 0.161 e. The van der Waals surface area contributed by atoms with Gasteiger partial charge in [0.1, 0.15) is 12.4 Å². The van der Waals surface area contributed by atoms with E-state index < -0.39 is 0 Å². The van der Waals surface area contributed by atoms with Crippen LogP contribution in [0.1, 0.15) is 56.3 Å². The summed E-state index contributed by atoms with van der Waals surface area (Å²) in [7, 11) is 1.65. The zero-order valence-corrected chi connectivity index (χ0v) is 19.0. The van der Waals surface area contributed by atoms with Gasteiger partial charge in [0.05, 0.1) is 13.2 Å². The Labute approximate surface area is 185 Å². The zero-order chi connectivity index (χ0) is 22.2. The van der Waals surface area contributed by atoms with Crippen LogP contribution in [-0.4, -0.2) is 36.3 Å². The van der Waals surface area contributed by atoms with Gasteiger partial charge in [-0.25, -0.2) is 4.39 Å². The molecule has 0 aromatic heterocycles. The molecule has 0 bridgehead atoms. The lowest BCUT2D eigenvalue weighted by Gasteiger charge is -2.47. The highest BCUT2D eigenvalue weighted by Crippen LogP contribution is 2.44. The standard InChI is InChI=1S/C26H34FNO3/c1-26(2,3)14-19-15-28-9-8-18-11-25(31-16-17-6-5-7-20(27)10-17)24(30-4)12-21(18)22(28)13-23(19)29/h5-7,10-12,19,22-23,29H,8-9,13-16H2,1-4H3/t19-,22-,23-/m1/s1. The quantitative estimate of drug-likeness (QED) is 0.718. The van der Waals surface area contributed by atoms with Gasteiger partial charge in [0.15, 0.2) is 11.5 Å². The van der Waals surface area contributed by atoms with Crippen molar-refractivity contribution in [1.29, 1.82) is 0 Å². The molecule has 0 aliphatic carbocycles. The van der Waals surface area contributed by atoms with Gasteiger partial charge in [-0.1, -0.05) is 32.9 Å². The number of fused-ring (bicyclic) bond motifs is 3. The van der Waals surface area contributed by atoms with Crippen LogP contribution in [0.2, 0.25) is 0 Å². The summed E-state index contributed by atoms with van der Waals surface area (Å²) in [6, 6.07) is 10.8. The highest BCUT2D eigenvalue weighted by Gasteiger charge is 2.39. The highest BCUT2D eigenvalue weighted by atomic mass is 19.1. The SMILES string of the molecule is COc1cc2c(cc1OCc1cccc(F)c1)CCN1C[C@@H](CC(C)(C)C)[C@H](O)C[C@H]21. The Bertz CT molecular complexity index is 923. The minimum absolute atomic E-state index is 0.209. The first-order valence-electron chi connectivity index (χ1n) is 11.2. The van der Waals surface area contributed by atoms with Crippen molar-refractivity contribution in [2.45, 2.75) is 58.8 Å². The molecule has 0 radical (unpaired) electrons. The van der Waals surface area contributed by atoms with Crippen molar-refractivity contribution in [3.05, 3.63) is 58.9 Å². The second-order valence-corrected chi connectivity index (χ2v) is 10.2. The van der Waals surface area contributed by atoms with Crippen LogP contribution in [0.3, 0.4) is 0 Å². The van der Waals surface area contributed by atoms with Crippen molar-refractivity contribution in [3.63, 3.8) is 0 Å². The predicted molar refractivity (Wildman–Crippen MR) is 120 cm³/mol. The van der Waals surface area contributed by atoms with E-state index in [0.29, 0.717) is 17.4 Å². The summed E-state index contributed by atoms with van der Waals surface area (Å²) >= 11 is 0. The molecule has 31 heavy (non-hydrogen) atoms. The summed E-state index contributed by atoms with van der Waals surface area (Å²) in [5.41, 5.74) is 3.47. The van der Waals surface area contributed by atoms with Gasteiger partial charge in [-0.15, -0.1) is 0 Å². The maximum atomic E-state index is 13.5. The molecular formula is C26H34FNO3. The monoisotopic (exact) mass is 427 g/mol. The largest absolute Gasteiger partial charge is 0.493 e. The molecule has 1 saturated heterocycles. The van der Waals surface area contributed by atoms with E-state index in [2.05, 4.69) is 37.8 Å². The first-order chi connectivity index (χ1) is 14.7. The molecule has 2 aliphatic rings. The summed E-state index contributed by atoms with van der Waals surface area (Å²) in [6.45, 7) is 8.94. The maximum absolute atomic E-state index is 13.5. The predicted octanol–water partition coefficient (Wildman–Crippen LogP) is 5.13. The van der Waals surface area contributed by atoms with Crippen LogP contribution in [0.25, 0.3) is 0 Å². The van der Waals surface area contributed by atoms with E-state index in [-0.39, 0.29) is 30.0 Å². The Morgan fingerprint density at radius 3 is 2.68 bits per heavy atom. The molecule has 2 aromatic carbocycles. The number of piperidine rings is 1. The van der Waals surface area contributed by atoms with Gasteiger partial charge in [-0.05, 0) is 71.6 Å². The zero-order valence-electron chi connectivity index (χ0n) is 19.0. The van der Waals surface area contributed by atoms with Crippen molar-refractivity contribution in [1.82, 2.24) is 4.90 Å². The average Bonchev–Trinajstić information content (AvgIpc) is 2.71. The van der Waals surface area contributed by atoms with Crippen molar-refractivity contribution < 1.29 is 19.0 Å². The molecule has 2 aromatic rings. The number of hydrogen-bond donors (Lipinski definition) is 1. The molecule has 2 heterocycles. The molecule has 0 unspecified atom stereocenters. The van der Waals surface area contributed by atoms with Crippen LogP contribution >= 0.6 is 0 Å². The van der Waals surface area contributed by atoms with Crippen molar-refractivity contribution in [2.24, 2.45) is 11.3 Å². The highest BCUT2D eigenvalue weighted by molar-refractivity contribution is 5.50. The van der Waals surface area contributed by atoms with Crippen molar-refractivity contribution in [2.75, 3.05) is 20.2 Å². The molecule has 1 fully saturated rings. The Hall–Kier alpha value is -2.11. The molecule has 1 N–H and O–H groups in total. The number of halogens is 1. The average molecular weight is 428 g/mol. The Morgan fingerprint density at radius 2 is 1.97 bits per heavy atom. The van der Waals surface area contributed by atoms with E-state index in [1.807, 2.05) is 6.07 Å². The lowest BCUT2D eigenvalue weighted by molar-refractivity contribution is -0.0259. The van der Waals surface area contributed by atoms with E-state index in [1.54, 1.807) is 13.2 Å². The van der Waals surface area contributed by atoms with Crippen LogP contribution in [0.4, 0.5) is 4.39 Å². The fraction of sp³-hybridized carbons (Fsp3) is 0.538. The normalized spacial score (nSPS) is 23.7. The molecule has 2 aliphatic heterocycles. The molecule has 0 amide bonds. The lowest BCUT2D eigenvalue weighted by Crippen LogP contribution is -2.48. The summed E-state index contributed by atoms with van der Waals surface area (Å²) in [5.74, 6) is 1.41. The first-order valence-corrected chi connectivity index (χ1v) is 11.2. The second-order valence-electron chi connectivity index (χ2n) is 10.2. The number of rotatable bonds is 5. The fourth-order valence-electron chi connectivity index (χ4n) is 5.15. The molecule has 3 atom stereocenters. The fourth-order valence-corrected chi connectivity index (χ4v) is 5.15. The number of nitrogens with zero attached hydrogens (tertiary/aromatic N) is 1. The smallest absolute Gasteiger partial charge is 0.161 e. The Kier molecular flexibility index (Phi) is 6.27. The summed E-state index contributed by atoms with van der Waals surface area (Å²) in [4.78, 5) is 2.53. The van der Waals surface area contributed by atoms with Gasteiger partial charge in [-0.2, -0.15) is 0 Å². The van der Waals surface area contributed by atoms with Gasteiger partial charge in [-0.3, -0.25) is 4.90 Å². The van der Waals surface area contributed by atoms with Gasteiger partial charge in [0.2, 0.25) is 0 Å². The van der Waals surface area contributed by atoms with E-state index >= 15 is 0 Å². The third-order valence-electron chi connectivity index (χ3n) is 6.53. The molecule has 0 saturated carbocycles. The first kappa shape index (κ1) is 22.1. The number of benzene rings is 2. The molecule has 168 valence electrons. The van der Waals surface area contributed by atoms with E-state index in [4.69, 9.17) is 9.47 Å². The van der Waals surface area contributed by atoms with Gasteiger partial charge in [0.25, 0.3) is 0 Å². The Morgan fingerprint density at radius 1 is 1.16 bits per heavy atom. The number of ether oxygens (including phenoxy) is 2. The molecule has 0 spiro atoms. The number of methoxy groups -OCH3 is 1. The van der Waals surface area contributed by atoms with Gasteiger partial charge < -0.3 is 14.6 Å². The van der Waals surface area contributed by atoms with Crippen LogP contribution < -0.4 is 9.47 Å². The number of aliphatic hydroxyl groups is 1. The van der Waals surface area contributed by atoms with E-state index in [9.17, 15) is 9.50 Å². The number of aliphatic hydroxyl groups excluding tert-OH is 1. The summed E-state index contributed by atoms with van der Waals surface area (Å²) in [5, 5.41) is 10.9. The Balaban J connectivity index is 1.53. The van der Waals surface area contributed by atoms with Crippen molar-refractivity contribution >= 4 is 0 Å². The minimum atomic E-state index is -0.290. The third-order valence-corrected chi connectivity index (χ3v) is 6.53. The summed E-state index contributed by atoms with van der Waals surface area (Å²) in [6.07, 6.45) is 2.44. The lowest BCUT2D eigenvalue weighted by atomic mass is 9.75. The van der Waals surface area contributed by atoms with E-state index in [0.717, 1.165) is 37.9 Å². The second kappa shape index (κ2) is 8.79.